The van der Waals surface area contributed by atoms with Crippen molar-refractivity contribution in [3.05, 3.63) is 70.1 Å². The number of ether oxygens (including phenoxy) is 1. The Hall–Kier alpha value is -3.99. The zero-order chi connectivity index (χ0) is 20.3. The predicted molar refractivity (Wildman–Crippen MR) is 102 cm³/mol. The Kier molecular flexibility index (Phi) is 5.18. The normalized spacial score (nSPS) is 11.5. The van der Waals surface area contributed by atoms with Crippen molar-refractivity contribution in [1.29, 1.82) is 5.26 Å². The van der Waals surface area contributed by atoms with Gasteiger partial charge in [-0.1, -0.05) is 24.3 Å². The van der Waals surface area contributed by atoms with E-state index in [1.807, 2.05) is 6.07 Å². The largest absolute Gasteiger partial charge is 0.448 e. The van der Waals surface area contributed by atoms with Gasteiger partial charge in [-0.15, -0.1) is 0 Å². The number of rotatable bonds is 4. The summed E-state index contributed by atoms with van der Waals surface area (Å²) in [6.07, 6.45) is -1.11. The average Bonchev–Trinajstić information content (AvgIpc) is 2.70. The van der Waals surface area contributed by atoms with Crippen LogP contribution in [0.25, 0.3) is 10.8 Å². The lowest BCUT2D eigenvalue weighted by atomic mass is 10.1. The SMILES string of the molecule is C[C@H](OC(=O)c1nn(C)c(=O)c2ccccc12)C(=O)Nc1cccc(C#N)c1. The van der Waals surface area contributed by atoms with Gasteiger partial charge in [-0.3, -0.25) is 9.59 Å². The molecular weight excluding hydrogens is 360 g/mol. The molecule has 28 heavy (non-hydrogen) atoms. The highest BCUT2D eigenvalue weighted by Crippen LogP contribution is 2.15. The third kappa shape index (κ3) is 3.73. The lowest BCUT2D eigenvalue weighted by molar-refractivity contribution is -0.123. The standard InChI is InChI=1S/C20H16N4O4/c1-12(18(25)22-14-7-5-6-13(10-14)11-21)28-20(27)17-15-8-3-4-9-16(15)19(26)24(2)23-17/h3-10,12H,1-2H3,(H,22,25)/t12-/m0/s1. The minimum atomic E-state index is -1.11. The van der Waals surface area contributed by atoms with Gasteiger partial charge in [0.1, 0.15) is 0 Å². The zero-order valence-electron chi connectivity index (χ0n) is 15.2. The van der Waals surface area contributed by atoms with Gasteiger partial charge in [-0.2, -0.15) is 10.4 Å². The van der Waals surface area contributed by atoms with Crippen LogP contribution in [0.3, 0.4) is 0 Å². The summed E-state index contributed by atoms with van der Waals surface area (Å²) in [5.74, 6) is -1.38. The summed E-state index contributed by atoms with van der Waals surface area (Å²) in [5.41, 5.74) is 0.417. The maximum absolute atomic E-state index is 12.6. The molecule has 3 rings (SSSR count). The van der Waals surface area contributed by atoms with Crippen LogP contribution < -0.4 is 10.9 Å². The summed E-state index contributed by atoms with van der Waals surface area (Å²) in [6, 6.07) is 14.9. The molecule has 1 amide bonds. The summed E-state index contributed by atoms with van der Waals surface area (Å²) >= 11 is 0. The zero-order valence-corrected chi connectivity index (χ0v) is 15.2. The van der Waals surface area contributed by atoms with Crippen LogP contribution in [0.5, 0.6) is 0 Å². The molecule has 8 heteroatoms. The maximum Gasteiger partial charge on any atom is 0.360 e. The fraction of sp³-hybridized carbons (Fsp3) is 0.150. The average molecular weight is 376 g/mol. The highest BCUT2D eigenvalue weighted by atomic mass is 16.5. The molecule has 0 unspecified atom stereocenters. The number of aromatic nitrogens is 2. The van der Waals surface area contributed by atoms with E-state index in [-0.39, 0.29) is 11.3 Å². The first-order valence-corrected chi connectivity index (χ1v) is 8.38. The highest BCUT2D eigenvalue weighted by molar-refractivity contribution is 6.03. The molecule has 1 heterocycles. The molecule has 0 saturated carbocycles. The minimum Gasteiger partial charge on any atom is -0.448 e. The molecule has 8 nitrogen and oxygen atoms in total. The number of hydrogen-bond donors (Lipinski definition) is 1. The molecule has 0 spiro atoms. The monoisotopic (exact) mass is 376 g/mol. The number of anilines is 1. The van der Waals surface area contributed by atoms with Crippen molar-refractivity contribution in [2.24, 2.45) is 7.05 Å². The van der Waals surface area contributed by atoms with E-state index >= 15 is 0 Å². The first kappa shape index (κ1) is 18.8. The molecule has 0 fully saturated rings. The molecule has 0 aliphatic rings. The molecule has 3 aromatic rings. The van der Waals surface area contributed by atoms with E-state index in [9.17, 15) is 14.4 Å². The van der Waals surface area contributed by atoms with Gasteiger partial charge in [-0.25, -0.2) is 9.48 Å². The molecule has 1 atom stereocenters. The summed E-state index contributed by atoms with van der Waals surface area (Å²) < 4.78 is 6.29. The van der Waals surface area contributed by atoms with Crippen molar-refractivity contribution in [1.82, 2.24) is 9.78 Å². The Morgan fingerprint density at radius 3 is 2.61 bits per heavy atom. The quantitative estimate of drug-likeness (QED) is 0.697. The number of hydrogen-bond acceptors (Lipinski definition) is 6. The number of fused-ring (bicyclic) bond motifs is 1. The van der Waals surface area contributed by atoms with E-state index in [1.54, 1.807) is 42.5 Å². The Balaban J connectivity index is 1.80. The third-order valence-corrected chi connectivity index (χ3v) is 4.06. The number of esters is 1. The second-order valence-electron chi connectivity index (χ2n) is 6.05. The Bertz CT molecular complexity index is 1180. The van der Waals surface area contributed by atoms with Crippen LogP contribution in [0, 0.1) is 11.3 Å². The highest BCUT2D eigenvalue weighted by Gasteiger charge is 2.23. The van der Waals surface area contributed by atoms with E-state index in [1.165, 1.54) is 20.0 Å². The van der Waals surface area contributed by atoms with Crippen LogP contribution in [0.1, 0.15) is 23.0 Å². The number of carbonyl (C=O) groups excluding carboxylic acids is 2. The summed E-state index contributed by atoms with van der Waals surface area (Å²) in [5, 5.41) is 16.2. The van der Waals surface area contributed by atoms with Gasteiger partial charge in [0, 0.05) is 18.1 Å². The van der Waals surface area contributed by atoms with Gasteiger partial charge in [-0.05, 0) is 31.2 Å². The summed E-state index contributed by atoms with van der Waals surface area (Å²) in [6.45, 7) is 1.42. The second-order valence-corrected chi connectivity index (χ2v) is 6.05. The van der Waals surface area contributed by atoms with Crippen molar-refractivity contribution in [2.75, 3.05) is 5.32 Å². The molecular formula is C20H16N4O4. The van der Waals surface area contributed by atoms with Crippen LogP contribution in [0.4, 0.5) is 5.69 Å². The first-order chi connectivity index (χ1) is 13.4. The number of benzene rings is 2. The molecule has 140 valence electrons. The predicted octanol–water partition coefficient (Wildman–Crippen LogP) is 1.99. The number of nitrogens with zero attached hydrogens (tertiary/aromatic N) is 3. The van der Waals surface area contributed by atoms with Crippen LogP contribution >= 0.6 is 0 Å². The first-order valence-electron chi connectivity index (χ1n) is 8.38. The fourth-order valence-electron chi connectivity index (χ4n) is 2.63. The number of carbonyl (C=O) groups is 2. The van der Waals surface area contributed by atoms with Gasteiger partial charge in [0.05, 0.1) is 17.0 Å². The van der Waals surface area contributed by atoms with Crippen molar-refractivity contribution >= 4 is 28.3 Å². The van der Waals surface area contributed by atoms with Gasteiger partial charge in [0.15, 0.2) is 11.8 Å². The Labute approximate surface area is 160 Å². The summed E-state index contributed by atoms with van der Waals surface area (Å²) in [7, 11) is 1.43. The fourth-order valence-corrected chi connectivity index (χ4v) is 2.63. The topological polar surface area (TPSA) is 114 Å². The van der Waals surface area contributed by atoms with E-state index in [2.05, 4.69) is 10.4 Å². The van der Waals surface area contributed by atoms with Crippen LogP contribution in [-0.2, 0) is 16.6 Å². The van der Waals surface area contributed by atoms with E-state index < -0.39 is 18.0 Å². The molecule has 0 bridgehead atoms. The van der Waals surface area contributed by atoms with Gasteiger partial charge in [0.25, 0.3) is 11.5 Å². The molecule has 0 radical (unpaired) electrons. The van der Waals surface area contributed by atoms with E-state index in [4.69, 9.17) is 10.00 Å². The lowest BCUT2D eigenvalue weighted by Crippen LogP contribution is -2.31. The van der Waals surface area contributed by atoms with Gasteiger partial charge in [0.2, 0.25) is 0 Å². The van der Waals surface area contributed by atoms with E-state index in [0.29, 0.717) is 22.0 Å². The van der Waals surface area contributed by atoms with Gasteiger partial charge >= 0.3 is 5.97 Å². The van der Waals surface area contributed by atoms with E-state index in [0.717, 1.165) is 4.68 Å². The molecule has 2 aromatic carbocycles. The second kappa shape index (κ2) is 7.72. The van der Waals surface area contributed by atoms with Crippen LogP contribution in [0.15, 0.2) is 53.3 Å². The summed E-state index contributed by atoms with van der Waals surface area (Å²) in [4.78, 5) is 37.0. The maximum atomic E-state index is 12.6. The molecule has 0 aliphatic carbocycles. The minimum absolute atomic E-state index is 0.0520. The molecule has 1 aromatic heterocycles. The van der Waals surface area contributed by atoms with Crippen molar-refractivity contribution < 1.29 is 14.3 Å². The number of amides is 1. The number of nitriles is 1. The van der Waals surface area contributed by atoms with Crippen molar-refractivity contribution in [2.45, 2.75) is 13.0 Å². The van der Waals surface area contributed by atoms with Crippen molar-refractivity contribution in [3.63, 3.8) is 0 Å². The Morgan fingerprint density at radius 2 is 1.89 bits per heavy atom. The lowest BCUT2D eigenvalue weighted by Gasteiger charge is -2.14. The number of nitrogens with one attached hydrogen (secondary N) is 1. The van der Waals surface area contributed by atoms with Gasteiger partial charge < -0.3 is 10.1 Å². The van der Waals surface area contributed by atoms with Crippen molar-refractivity contribution in [3.8, 4) is 6.07 Å². The smallest absolute Gasteiger partial charge is 0.360 e. The number of aryl methyl sites for hydroxylation is 1. The van der Waals surface area contributed by atoms with Crippen LogP contribution in [0.2, 0.25) is 0 Å². The van der Waals surface area contributed by atoms with Crippen LogP contribution in [-0.4, -0.2) is 27.8 Å². The molecule has 0 saturated heterocycles. The third-order valence-electron chi connectivity index (χ3n) is 4.06. The Morgan fingerprint density at radius 1 is 1.18 bits per heavy atom. The molecule has 0 aliphatic heterocycles. The molecule has 1 N–H and O–H groups in total.